The Hall–Kier alpha value is -3.73. The molecule has 146 valence electrons. The van der Waals surface area contributed by atoms with Crippen LogP contribution >= 0.6 is 0 Å². The average molecular weight is 392 g/mol. The molecule has 0 spiro atoms. The third-order valence-electron chi connectivity index (χ3n) is 5.77. The van der Waals surface area contributed by atoms with E-state index in [-0.39, 0.29) is 0 Å². The summed E-state index contributed by atoms with van der Waals surface area (Å²) in [6.07, 6.45) is 0. The fourth-order valence-corrected chi connectivity index (χ4v) is 4.39. The fraction of sp³-hybridized carbons (Fsp3) is 0.160. The second-order valence-electron chi connectivity index (χ2n) is 7.72. The molecule has 2 aromatic carbocycles. The largest absolute Gasteiger partial charge is 0.437 e. The molecular formula is C25H20N4O. The topological polar surface area (TPSA) is 56.7 Å². The Balaban J connectivity index is 1.71. The Kier molecular flexibility index (Phi) is 3.51. The van der Waals surface area contributed by atoms with E-state index in [2.05, 4.69) is 65.0 Å². The summed E-state index contributed by atoms with van der Waals surface area (Å²) in [5, 5.41) is 3.21. The highest BCUT2D eigenvalue weighted by Crippen LogP contribution is 2.37. The second kappa shape index (κ2) is 6.13. The monoisotopic (exact) mass is 392 g/mol. The van der Waals surface area contributed by atoms with Crippen molar-refractivity contribution in [1.29, 1.82) is 0 Å². The van der Waals surface area contributed by atoms with E-state index in [1.165, 1.54) is 0 Å². The van der Waals surface area contributed by atoms with E-state index in [0.717, 1.165) is 67.6 Å². The number of benzene rings is 2. The normalized spacial score (nSPS) is 12.0. The summed E-state index contributed by atoms with van der Waals surface area (Å²) >= 11 is 0. The van der Waals surface area contributed by atoms with Gasteiger partial charge in [-0.05, 0) is 63.2 Å². The van der Waals surface area contributed by atoms with Crippen LogP contribution in [0.3, 0.4) is 0 Å². The van der Waals surface area contributed by atoms with Gasteiger partial charge >= 0.3 is 0 Å². The molecule has 4 heterocycles. The zero-order valence-corrected chi connectivity index (χ0v) is 17.1. The van der Waals surface area contributed by atoms with Crippen molar-refractivity contribution in [2.45, 2.75) is 27.3 Å². The molecule has 6 aromatic rings. The predicted molar refractivity (Wildman–Crippen MR) is 121 cm³/mol. The van der Waals surface area contributed by atoms with E-state index in [0.29, 0.717) is 5.71 Å². The van der Waals surface area contributed by atoms with Gasteiger partial charge in [-0.1, -0.05) is 12.1 Å². The molecule has 0 unspecified atom stereocenters. The van der Waals surface area contributed by atoms with Gasteiger partial charge in [-0.3, -0.25) is 4.98 Å². The molecule has 30 heavy (non-hydrogen) atoms. The lowest BCUT2D eigenvalue weighted by Crippen LogP contribution is -1.98. The summed E-state index contributed by atoms with van der Waals surface area (Å²) in [7, 11) is 0. The van der Waals surface area contributed by atoms with Crippen LogP contribution < -0.4 is 0 Å². The van der Waals surface area contributed by atoms with Crippen molar-refractivity contribution in [3.8, 4) is 11.4 Å². The number of rotatable bonds is 2. The van der Waals surface area contributed by atoms with Crippen molar-refractivity contribution >= 4 is 44.0 Å². The van der Waals surface area contributed by atoms with Crippen LogP contribution in [0.15, 0.2) is 59.0 Å². The van der Waals surface area contributed by atoms with Crippen molar-refractivity contribution in [2.24, 2.45) is 0 Å². The van der Waals surface area contributed by atoms with Gasteiger partial charge in [0, 0.05) is 34.1 Å². The zero-order valence-electron chi connectivity index (χ0n) is 17.1. The van der Waals surface area contributed by atoms with Crippen LogP contribution in [0.5, 0.6) is 0 Å². The molecule has 5 nitrogen and oxygen atoms in total. The first kappa shape index (κ1) is 17.2. The van der Waals surface area contributed by atoms with Crippen molar-refractivity contribution in [3.05, 3.63) is 66.0 Å². The molecule has 0 radical (unpaired) electrons. The molecule has 0 amide bonds. The van der Waals surface area contributed by atoms with Gasteiger partial charge in [0.05, 0.1) is 22.1 Å². The van der Waals surface area contributed by atoms with Gasteiger partial charge in [0.25, 0.3) is 0 Å². The van der Waals surface area contributed by atoms with Crippen molar-refractivity contribution in [3.63, 3.8) is 0 Å². The van der Waals surface area contributed by atoms with Gasteiger partial charge in [-0.15, -0.1) is 0 Å². The first-order valence-corrected chi connectivity index (χ1v) is 10.2. The van der Waals surface area contributed by atoms with E-state index >= 15 is 0 Å². The Labute approximate surface area is 173 Å². The number of aryl methyl sites for hydroxylation is 3. The summed E-state index contributed by atoms with van der Waals surface area (Å²) < 4.78 is 8.50. The Morgan fingerprint density at radius 1 is 0.767 bits per heavy atom. The van der Waals surface area contributed by atoms with Gasteiger partial charge in [0.2, 0.25) is 5.71 Å². The maximum atomic E-state index is 6.24. The molecular weight excluding hydrogens is 372 g/mol. The molecule has 0 aliphatic carbocycles. The SMILES string of the molecule is CCn1c(-c2cccc3c2oc2nc(C)ccc23)nc2ccc3nc(C)ccc3c21. The van der Waals surface area contributed by atoms with Crippen LogP contribution in [-0.4, -0.2) is 19.5 Å². The van der Waals surface area contributed by atoms with Gasteiger partial charge < -0.3 is 8.98 Å². The summed E-state index contributed by atoms with van der Waals surface area (Å²) in [5.74, 6) is 0.905. The standard InChI is InChI=1S/C25H20N4O/c1-4-29-22-18-11-9-14(2)26-20(18)12-13-21(22)28-24(29)19-7-5-6-16-17-10-8-15(3)27-25(17)30-23(16)19/h5-13H,4H2,1-3H3. The van der Waals surface area contributed by atoms with E-state index in [9.17, 15) is 0 Å². The number of hydrogen-bond acceptors (Lipinski definition) is 4. The maximum Gasteiger partial charge on any atom is 0.227 e. The molecule has 0 saturated carbocycles. The lowest BCUT2D eigenvalue weighted by atomic mass is 10.1. The molecule has 0 aliphatic heterocycles. The molecule has 6 rings (SSSR count). The van der Waals surface area contributed by atoms with E-state index in [1.54, 1.807) is 0 Å². The van der Waals surface area contributed by atoms with Crippen LogP contribution in [-0.2, 0) is 6.54 Å². The van der Waals surface area contributed by atoms with Crippen molar-refractivity contribution < 1.29 is 4.42 Å². The van der Waals surface area contributed by atoms with Crippen molar-refractivity contribution in [1.82, 2.24) is 19.5 Å². The number of para-hydroxylation sites is 1. The minimum Gasteiger partial charge on any atom is -0.437 e. The molecule has 0 N–H and O–H groups in total. The van der Waals surface area contributed by atoms with Crippen LogP contribution in [0.1, 0.15) is 18.3 Å². The van der Waals surface area contributed by atoms with E-state index < -0.39 is 0 Å². The van der Waals surface area contributed by atoms with Gasteiger partial charge in [0.1, 0.15) is 11.4 Å². The Morgan fingerprint density at radius 3 is 2.37 bits per heavy atom. The molecule has 0 aliphatic rings. The van der Waals surface area contributed by atoms with Gasteiger partial charge in [-0.25, -0.2) is 9.97 Å². The smallest absolute Gasteiger partial charge is 0.227 e. The summed E-state index contributed by atoms with van der Waals surface area (Å²) in [5.41, 5.74) is 7.50. The lowest BCUT2D eigenvalue weighted by molar-refractivity contribution is 0.652. The number of imidazole rings is 1. The number of aromatic nitrogens is 4. The van der Waals surface area contributed by atoms with Crippen LogP contribution in [0, 0.1) is 13.8 Å². The number of fused-ring (bicyclic) bond motifs is 6. The predicted octanol–water partition coefficient (Wildman–Crippen LogP) is 6.18. The number of pyridine rings is 2. The zero-order chi connectivity index (χ0) is 20.4. The second-order valence-corrected chi connectivity index (χ2v) is 7.72. The molecule has 0 bridgehead atoms. The van der Waals surface area contributed by atoms with Crippen molar-refractivity contribution in [2.75, 3.05) is 0 Å². The first-order chi connectivity index (χ1) is 14.6. The van der Waals surface area contributed by atoms with Crippen LogP contribution in [0.2, 0.25) is 0 Å². The molecule has 0 atom stereocenters. The number of nitrogens with zero attached hydrogens (tertiary/aromatic N) is 4. The maximum absolute atomic E-state index is 6.24. The Morgan fingerprint density at radius 2 is 1.53 bits per heavy atom. The third-order valence-corrected chi connectivity index (χ3v) is 5.77. The summed E-state index contributed by atoms with van der Waals surface area (Å²) in [6.45, 7) is 6.94. The summed E-state index contributed by atoms with van der Waals surface area (Å²) in [4.78, 5) is 14.3. The van der Waals surface area contributed by atoms with Gasteiger partial charge in [-0.2, -0.15) is 0 Å². The number of hydrogen-bond donors (Lipinski definition) is 0. The number of furan rings is 1. The van der Waals surface area contributed by atoms with Crippen LogP contribution in [0.25, 0.3) is 55.4 Å². The highest BCUT2D eigenvalue weighted by Gasteiger charge is 2.19. The lowest BCUT2D eigenvalue weighted by Gasteiger charge is -2.08. The molecule has 0 saturated heterocycles. The molecule has 4 aromatic heterocycles. The highest BCUT2D eigenvalue weighted by atomic mass is 16.3. The minimum atomic E-state index is 0.668. The molecule has 5 heteroatoms. The summed E-state index contributed by atoms with van der Waals surface area (Å²) in [6, 6.07) is 18.6. The Bertz CT molecular complexity index is 1610. The van der Waals surface area contributed by atoms with Crippen LogP contribution in [0.4, 0.5) is 0 Å². The van der Waals surface area contributed by atoms with E-state index in [4.69, 9.17) is 14.4 Å². The van der Waals surface area contributed by atoms with E-state index in [1.807, 2.05) is 19.9 Å². The average Bonchev–Trinajstić information content (AvgIpc) is 3.30. The third kappa shape index (κ3) is 2.32. The minimum absolute atomic E-state index is 0.668. The quantitative estimate of drug-likeness (QED) is 0.353. The fourth-order valence-electron chi connectivity index (χ4n) is 4.39. The molecule has 0 fully saturated rings. The first-order valence-electron chi connectivity index (χ1n) is 10.2. The van der Waals surface area contributed by atoms with Gasteiger partial charge in [0.15, 0.2) is 0 Å². The highest BCUT2D eigenvalue weighted by molar-refractivity contribution is 6.09.